The van der Waals surface area contributed by atoms with Gasteiger partial charge in [-0.15, -0.1) is 0 Å². The van der Waals surface area contributed by atoms with E-state index in [2.05, 4.69) is 46.0 Å². The number of esters is 2. The number of likely N-dealkylation sites (N-methyl/N-ethyl adjacent to an activating group) is 1. The van der Waals surface area contributed by atoms with Gasteiger partial charge >= 0.3 is 19.8 Å². The summed E-state index contributed by atoms with van der Waals surface area (Å²) < 4.78 is 45.6. The Kier molecular flexibility index (Phi) is 28.9. The maximum absolute atomic E-state index is 12.7. The smallest absolute Gasteiger partial charge is 0.466 e. The normalized spacial score (nSPS) is 13.1. The first-order valence-corrected chi connectivity index (χ1v) is 24.8. The number of ether oxygens (including phenoxy) is 2. The van der Waals surface area contributed by atoms with Crippen molar-refractivity contribution >= 4 is 19.8 Å². The fourth-order valence-electron chi connectivity index (χ4n) is 7.26. The number of furan rings is 2. The number of hydrogen-bond acceptors (Lipinski definition) is 10. The van der Waals surface area contributed by atoms with Gasteiger partial charge in [-0.05, 0) is 89.1 Å². The monoisotopic (exact) mass is 852 g/mol. The van der Waals surface area contributed by atoms with Crippen LogP contribution in [0.4, 0.5) is 0 Å². The van der Waals surface area contributed by atoms with Gasteiger partial charge in [-0.25, -0.2) is 4.57 Å². The first-order valence-electron chi connectivity index (χ1n) is 23.3. The zero-order chi connectivity index (χ0) is 43.1. The third-order valence-electron chi connectivity index (χ3n) is 11.0. The molecule has 12 heteroatoms. The number of carbonyl (C=O) groups is 2. The molecule has 0 saturated heterocycles. The minimum absolute atomic E-state index is 0.0291. The lowest BCUT2D eigenvalue weighted by atomic mass is 10.0. The van der Waals surface area contributed by atoms with Crippen LogP contribution in [0.25, 0.3) is 0 Å². The van der Waals surface area contributed by atoms with Crippen LogP contribution < -0.4 is 5.32 Å². The molecule has 0 aliphatic carbocycles. The van der Waals surface area contributed by atoms with E-state index in [4.69, 9.17) is 27.4 Å². The van der Waals surface area contributed by atoms with E-state index in [-0.39, 0.29) is 32.0 Å². The number of aryl methyl sites for hydroxylation is 5. The molecule has 59 heavy (non-hydrogen) atoms. The second-order valence-corrected chi connectivity index (χ2v) is 17.8. The summed E-state index contributed by atoms with van der Waals surface area (Å²) in [5, 5.41) is 2.82. The predicted octanol–water partition coefficient (Wildman–Crippen LogP) is 12.1. The highest BCUT2D eigenvalue weighted by Crippen LogP contribution is 2.43. The molecule has 0 aromatic carbocycles. The number of phosphoric acid groups is 1. The van der Waals surface area contributed by atoms with E-state index in [1.807, 2.05) is 0 Å². The lowest BCUT2D eigenvalue weighted by molar-refractivity contribution is -0.161. The average molecular weight is 852 g/mol. The van der Waals surface area contributed by atoms with Crippen LogP contribution in [0.1, 0.15) is 195 Å². The maximum Gasteiger partial charge on any atom is 0.472 e. The molecular formula is C47H82NO10P. The molecule has 2 aromatic heterocycles. The fraction of sp³-hybridized carbons (Fsp3) is 0.787. The standard InChI is InChI=1S/C47H82NO10P/c1-7-9-22-28-41-35-38(3)43(56-41)29-23-18-14-12-10-11-13-15-20-25-31-46(49)53-36-42(37-55-59(51,52)54-34-33-48-6)57-47(50)32-26-21-17-16-19-24-30-45-40(5)39(4)44(58-45)27-8-2/h35,42,48H,7-34,36-37H2,1-6H3,(H,51,52)/t42-/m1/s1. The molecule has 0 aliphatic rings. The fourth-order valence-corrected chi connectivity index (χ4v) is 8.01. The molecule has 0 aliphatic heterocycles. The van der Waals surface area contributed by atoms with Crippen LogP contribution >= 0.6 is 7.82 Å². The number of phosphoric ester groups is 1. The molecule has 11 nitrogen and oxygen atoms in total. The van der Waals surface area contributed by atoms with E-state index in [1.165, 1.54) is 80.2 Å². The SMILES string of the molecule is CCCCCc1cc(C)c(CCCCCCCCCCCCC(=O)OC[C@H](COP(=O)(O)OCCNC)OC(=O)CCCCCCCCc2oc(CCC)c(C)c2C)o1. The van der Waals surface area contributed by atoms with Gasteiger partial charge in [0.05, 0.1) is 13.2 Å². The highest BCUT2D eigenvalue weighted by atomic mass is 31.2. The topological polar surface area (TPSA) is 147 Å². The van der Waals surface area contributed by atoms with Gasteiger partial charge in [0.25, 0.3) is 0 Å². The van der Waals surface area contributed by atoms with E-state index in [0.29, 0.717) is 13.0 Å². The van der Waals surface area contributed by atoms with Crippen LogP contribution in [0.2, 0.25) is 0 Å². The third-order valence-corrected chi connectivity index (χ3v) is 12.0. The predicted molar refractivity (Wildman–Crippen MR) is 236 cm³/mol. The lowest BCUT2D eigenvalue weighted by Gasteiger charge is -2.20. The molecule has 0 saturated carbocycles. The molecule has 340 valence electrons. The van der Waals surface area contributed by atoms with Crippen molar-refractivity contribution in [2.45, 2.75) is 208 Å². The van der Waals surface area contributed by atoms with Crippen LogP contribution in [0.3, 0.4) is 0 Å². The molecule has 2 aromatic rings. The summed E-state index contributed by atoms with van der Waals surface area (Å²) >= 11 is 0. The van der Waals surface area contributed by atoms with Crippen molar-refractivity contribution in [2.75, 3.05) is 33.4 Å². The van der Waals surface area contributed by atoms with Gasteiger partial charge in [-0.3, -0.25) is 18.6 Å². The van der Waals surface area contributed by atoms with Crippen LogP contribution in [0.5, 0.6) is 0 Å². The largest absolute Gasteiger partial charge is 0.472 e. The maximum atomic E-state index is 12.7. The van der Waals surface area contributed by atoms with Crippen molar-refractivity contribution in [1.29, 1.82) is 0 Å². The van der Waals surface area contributed by atoms with Crippen molar-refractivity contribution < 1.29 is 46.4 Å². The summed E-state index contributed by atoms with van der Waals surface area (Å²) in [5.41, 5.74) is 3.87. The summed E-state index contributed by atoms with van der Waals surface area (Å²) in [6.45, 7) is 10.5. The number of unbranched alkanes of at least 4 members (excludes halogenated alkanes) is 16. The Morgan fingerprint density at radius 1 is 0.644 bits per heavy atom. The summed E-state index contributed by atoms with van der Waals surface area (Å²) in [6.07, 6.45) is 25.3. The van der Waals surface area contributed by atoms with Crippen molar-refractivity contribution in [3.63, 3.8) is 0 Å². The van der Waals surface area contributed by atoms with Gasteiger partial charge in [-0.2, -0.15) is 0 Å². The molecule has 0 fully saturated rings. The Hall–Kier alpha value is -2.43. The van der Waals surface area contributed by atoms with Crippen molar-refractivity contribution in [3.05, 3.63) is 45.8 Å². The first kappa shape index (κ1) is 52.7. The first-order chi connectivity index (χ1) is 28.5. The van der Waals surface area contributed by atoms with Crippen molar-refractivity contribution in [3.8, 4) is 0 Å². The number of carbonyl (C=O) groups excluding carboxylic acids is 2. The van der Waals surface area contributed by atoms with Crippen LogP contribution in [0, 0.1) is 20.8 Å². The molecule has 0 radical (unpaired) electrons. The molecule has 0 bridgehead atoms. The summed E-state index contributed by atoms with van der Waals surface area (Å²) in [6, 6.07) is 2.22. The Morgan fingerprint density at radius 3 is 1.75 bits per heavy atom. The molecule has 2 heterocycles. The van der Waals surface area contributed by atoms with Crippen LogP contribution in [0.15, 0.2) is 14.9 Å². The number of hydrogen-bond donors (Lipinski definition) is 2. The minimum Gasteiger partial charge on any atom is -0.466 e. The van der Waals surface area contributed by atoms with Crippen molar-refractivity contribution in [1.82, 2.24) is 5.32 Å². The van der Waals surface area contributed by atoms with E-state index in [1.54, 1.807) is 7.05 Å². The zero-order valence-corrected chi connectivity index (χ0v) is 38.8. The molecule has 0 spiro atoms. The lowest BCUT2D eigenvalue weighted by Crippen LogP contribution is -2.29. The molecule has 2 N–H and O–H groups in total. The Morgan fingerprint density at radius 2 is 1.17 bits per heavy atom. The third kappa shape index (κ3) is 24.6. The van der Waals surface area contributed by atoms with E-state index in [9.17, 15) is 19.0 Å². The van der Waals surface area contributed by atoms with Crippen LogP contribution in [-0.4, -0.2) is 56.3 Å². The highest BCUT2D eigenvalue weighted by Gasteiger charge is 2.26. The van der Waals surface area contributed by atoms with E-state index in [0.717, 1.165) is 107 Å². The molecule has 2 rings (SSSR count). The van der Waals surface area contributed by atoms with Gasteiger partial charge in [0.1, 0.15) is 29.6 Å². The Balaban J connectivity index is 1.58. The Labute approximate surface area is 357 Å². The molecule has 0 amide bonds. The van der Waals surface area contributed by atoms with Gasteiger partial charge in [0.2, 0.25) is 0 Å². The minimum atomic E-state index is -4.37. The van der Waals surface area contributed by atoms with Gasteiger partial charge in [0, 0.05) is 45.1 Å². The van der Waals surface area contributed by atoms with Crippen molar-refractivity contribution in [2.24, 2.45) is 0 Å². The van der Waals surface area contributed by atoms with Gasteiger partial charge in [0.15, 0.2) is 6.10 Å². The highest BCUT2D eigenvalue weighted by molar-refractivity contribution is 7.47. The number of nitrogens with one attached hydrogen (secondary N) is 1. The molecule has 2 atom stereocenters. The second kappa shape index (κ2) is 32.3. The molecule has 1 unspecified atom stereocenters. The Bertz CT molecular complexity index is 1450. The second-order valence-electron chi connectivity index (χ2n) is 16.4. The quantitative estimate of drug-likeness (QED) is 0.0378. The van der Waals surface area contributed by atoms with Crippen LogP contribution in [-0.2, 0) is 58.4 Å². The van der Waals surface area contributed by atoms with E-state index >= 15 is 0 Å². The van der Waals surface area contributed by atoms with E-state index < -0.39 is 26.5 Å². The average Bonchev–Trinajstić information content (AvgIpc) is 3.69. The summed E-state index contributed by atoms with van der Waals surface area (Å²) in [7, 11) is -2.68. The summed E-state index contributed by atoms with van der Waals surface area (Å²) in [4.78, 5) is 35.3. The van der Waals surface area contributed by atoms with Gasteiger partial charge in [-0.1, -0.05) is 104 Å². The molecular weight excluding hydrogens is 769 g/mol. The zero-order valence-electron chi connectivity index (χ0n) is 37.9. The summed E-state index contributed by atoms with van der Waals surface area (Å²) in [5.74, 6) is 3.70. The number of rotatable bonds is 38. The van der Waals surface area contributed by atoms with Gasteiger partial charge < -0.3 is 28.5 Å².